The van der Waals surface area contributed by atoms with E-state index in [1.54, 1.807) is 29.3 Å². The highest BCUT2D eigenvalue weighted by molar-refractivity contribution is 5.70. The summed E-state index contributed by atoms with van der Waals surface area (Å²) in [7, 11) is 0. The van der Waals surface area contributed by atoms with Crippen LogP contribution in [0.5, 0.6) is 17.4 Å². The van der Waals surface area contributed by atoms with Crippen LogP contribution in [0, 0.1) is 0 Å². The topological polar surface area (TPSA) is 82.6 Å². The van der Waals surface area contributed by atoms with Crippen LogP contribution in [0.15, 0.2) is 60.8 Å². The van der Waals surface area contributed by atoms with Gasteiger partial charge in [0.15, 0.2) is 13.6 Å². The zero-order valence-corrected chi connectivity index (χ0v) is 19.8. The molecule has 0 bridgehead atoms. The van der Waals surface area contributed by atoms with Crippen molar-refractivity contribution in [3.05, 3.63) is 83.0 Å². The molecule has 0 atom stereocenters. The lowest BCUT2D eigenvalue weighted by Crippen LogP contribution is -2.50. The Morgan fingerprint density at radius 1 is 0.833 bits per heavy atom. The highest BCUT2D eigenvalue weighted by Gasteiger charge is 2.30. The van der Waals surface area contributed by atoms with Gasteiger partial charge in [0.1, 0.15) is 11.5 Å². The number of piperazine rings is 1. The molecule has 1 amide bonds. The number of hydrogen-bond acceptors (Lipinski definition) is 8. The van der Waals surface area contributed by atoms with Crippen LogP contribution in [0.4, 0.5) is 4.79 Å². The van der Waals surface area contributed by atoms with Gasteiger partial charge in [-0.2, -0.15) is 0 Å². The van der Waals surface area contributed by atoms with Crippen molar-refractivity contribution in [3.63, 3.8) is 0 Å². The van der Waals surface area contributed by atoms with Crippen LogP contribution in [0.2, 0.25) is 0 Å². The van der Waals surface area contributed by atoms with Crippen LogP contribution >= 0.6 is 0 Å². The van der Waals surface area contributed by atoms with Crippen molar-refractivity contribution < 1.29 is 28.5 Å². The third kappa shape index (κ3) is 4.73. The molecule has 2 aromatic carbocycles. The van der Waals surface area contributed by atoms with Crippen LogP contribution in [0.1, 0.15) is 28.3 Å². The minimum atomic E-state index is -0.379. The SMILES string of the molecule is O=C(Oc1ccccn1)N1CCN(C(c2ccc3c(c2)COCO3)c2ccc3c(c2)COCO3)CC1. The predicted octanol–water partition coefficient (Wildman–Crippen LogP) is 3.72. The molecule has 3 aliphatic heterocycles. The van der Waals surface area contributed by atoms with Crippen molar-refractivity contribution >= 4 is 6.09 Å². The Hall–Kier alpha value is -3.66. The zero-order valence-electron chi connectivity index (χ0n) is 19.8. The first-order valence-corrected chi connectivity index (χ1v) is 12.0. The zero-order chi connectivity index (χ0) is 24.3. The molecule has 0 unspecified atom stereocenters. The molecule has 3 aliphatic rings. The van der Waals surface area contributed by atoms with Crippen LogP contribution in [0.3, 0.4) is 0 Å². The van der Waals surface area contributed by atoms with Crippen LogP contribution in [0.25, 0.3) is 0 Å². The first-order valence-electron chi connectivity index (χ1n) is 12.0. The number of carbonyl (C=O) groups is 1. The number of aromatic nitrogens is 1. The van der Waals surface area contributed by atoms with Gasteiger partial charge in [0.25, 0.3) is 0 Å². The summed E-state index contributed by atoms with van der Waals surface area (Å²) in [6.45, 7) is 4.08. The van der Waals surface area contributed by atoms with Crippen LogP contribution < -0.4 is 14.2 Å². The van der Waals surface area contributed by atoms with E-state index in [1.807, 2.05) is 12.1 Å². The average molecular weight is 490 g/mol. The number of fused-ring (bicyclic) bond motifs is 2. The van der Waals surface area contributed by atoms with Gasteiger partial charge in [-0.25, -0.2) is 9.78 Å². The van der Waals surface area contributed by atoms with E-state index < -0.39 is 0 Å². The van der Waals surface area contributed by atoms with Crippen molar-refractivity contribution in [1.29, 1.82) is 0 Å². The average Bonchev–Trinajstić information content (AvgIpc) is 2.94. The molecule has 4 heterocycles. The summed E-state index contributed by atoms with van der Waals surface area (Å²) < 4.78 is 27.8. The van der Waals surface area contributed by atoms with E-state index in [4.69, 9.17) is 23.7 Å². The maximum Gasteiger partial charge on any atom is 0.416 e. The Morgan fingerprint density at radius 3 is 2.06 bits per heavy atom. The van der Waals surface area contributed by atoms with Gasteiger partial charge in [0, 0.05) is 49.6 Å². The third-order valence-corrected chi connectivity index (χ3v) is 6.68. The normalized spacial score (nSPS) is 17.5. The molecule has 6 rings (SSSR count). The van der Waals surface area contributed by atoms with E-state index in [9.17, 15) is 4.79 Å². The molecule has 0 saturated carbocycles. The van der Waals surface area contributed by atoms with Gasteiger partial charge >= 0.3 is 6.09 Å². The summed E-state index contributed by atoms with van der Waals surface area (Å²) in [6, 6.07) is 17.8. The molecule has 1 aromatic heterocycles. The van der Waals surface area contributed by atoms with Crippen molar-refractivity contribution in [2.45, 2.75) is 19.3 Å². The third-order valence-electron chi connectivity index (χ3n) is 6.68. The summed E-state index contributed by atoms with van der Waals surface area (Å²) >= 11 is 0. The second-order valence-electron chi connectivity index (χ2n) is 8.92. The Bertz CT molecular complexity index is 1170. The van der Waals surface area contributed by atoms with Gasteiger partial charge in [-0.3, -0.25) is 4.90 Å². The lowest BCUT2D eigenvalue weighted by Gasteiger charge is -2.39. The molecule has 0 aliphatic carbocycles. The highest BCUT2D eigenvalue weighted by atomic mass is 16.7. The first kappa shape index (κ1) is 22.8. The summed E-state index contributed by atoms with van der Waals surface area (Å²) in [5.74, 6) is 2.02. The number of rotatable bonds is 4. The number of nitrogens with zero attached hydrogens (tertiary/aromatic N) is 3. The lowest BCUT2D eigenvalue weighted by molar-refractivity contribution is -0.0165. The molecule has 0 radical (unpaired) electrons. The number of ether oxygens (including phenoxy) is 5. The second-order valence-corrected chi connectivity index (χ2v) is 8.92. The predicted molar refractivity (Wildman–Crippen MR) is 129 cm³/mol. The Morgan fingerprint density at radius 2 is 1.47 bits per heavy atom. The van der Waals surface area contributed by atoms with E-state index in [-0.39, 0.29) is 25.7 Å². The van der Waals surface area contributed by atoms with Crippen molar-refractivity contribution in [2.75, 3.05) is 39.8 Å². The van der Waals surface area contributed by atoms with Gasteiger partial charge in [-0.05, 0) is 41.5 Å². The number of hydrogen-bond donors (Lipinski definition) is 0. The van der Waals surface area contributed by atoms with Gasteiger partial charge in [0.2, 0.25) is 5.88 Å². The molecule has 36 heavy (non-hydrogen) atoms. The highest BCUT2D eigenvalue weighted by Crippen LogP contribution is 2.36. The fourth-order valence-electron chi connectivity index (χ4n) is 4.90. The number of pyridine rings is 1. The van der Waals surface area contributed by atoms with Gasteiger partial charge in [0.05, 0.1) is 19.3 Å². The summed E-state index contributed by atoms with van der Waals surface area (Å²) in [5.41, 5.74) is 4.35. The van der Waals surface area contributed by atoms with Crippen molar-refractivity contribution in [3.8, 4) is 17.4 Å². The van der Waals surface area contributed by atoms with Crippen LogP contribution in [-0.4, -0.2) is 60.6 Å². The number of amides is 1. The minimum Gasteiger partial charge on any atom is -0.467 e. The summed E-state index contributed by atoms with van der Waals surface area (Å²) in [4.78, 5) is 20.9. The molecular formula is C27H27N3O6. The van der Waals surface area contributed by atoms with E-state index in [0.717, 1.165) is 33.8 Å². The number of benzene rings is 2. The largest absolute Gasteiger partial charge is 0.467 e. The Kier molecular flexibility index (Phi) is 6.42. The molecule has 0 spiro atoms. The Labute approximate surface area is 209 Å². The standard InChI is InChI=1S/C27H27N3O6/c31-27(36-25-3-1-2-8-28-25)30-11-9-29(10-12-30)26(19-4-6-23-21(13-19)15-32-17-34-23)20-5-7-24-22(14-20)16-33-18-35-24/h1-8,13-14,26H,9-12,15-18H2. The van der Waals surface area contributed by atoms with Crippen molar-refractivity contribution in [1.82, 2.24) is 14.8 Å². The molecule has 1 fully saturated rings. The number of carbonyl (C=O) groups excluding carboxylic acids is 1. The maximum absolute atomic E-state index is 12.7. The second kappa shape index (κ2) is 10.1. The molecule has 1 saturated heterocycles. The van der Waals surface area contributed by atoms with Gasteiger partial charge < -0.3 is 28.6 Å². The van der Waals surface area contributed by atoms with Gasteiger partial charge in [-0.15, -0.1) is 0 Å². The smallest absolute Gasteiger partial charge is 0.416 e. The molecule has 0 N–H and O–H groups in total. The quantitative estimate of drug-likeness (QED) is 0.549. The van der Waals surface area contributed by atoms with E-state index >= 15 is 0 Å². The Balaban J connectivity index is 1.25. The van der Waals surface area contributed by atoms with E-state index in [0.29, 0.717) is 45.3 Å². The van der Waals surface area contributed by atoms with Crippen molar-refractivity contribution in [2.24, 2.45) is 0 Å². The maximum atomic E-state index is 12.7. The van der Waals surface area contributed by atoms with E-state index in [2.05, 4.69) is 34.1 Å². The first-order chi connectivity index (χ1) is 17.7. The van der Waals surface area contributed by atoms with Crippen LogP contribution in [-0.2, 0) is 22.7 Å². The fourth-order valence-corrected chi connectivity index (χ4v) is 4.90. The summed E-state index contributed by atoms with van der Waals surface area (Å²) in [6.07, 6.45) is 1.23. The monoisotopic (exact) mass is 489 g/mol. The lowest BCUT2D eigenvalue weighted by atomic mass is 9.93. The fraction of sp³-hybridized carbons (Fsp3) is 0.333. The molecular weight excluding hydrogens is 462 g/mol. The minimum absolute atomic E-state index is 0.0154. The molecule has 186 valence electrons. The molecule has 9 heteroatoms. The molecule has 3 aromatic rings. The summed E-state index contributed by atoms with van der Waals surface area (Å²) in [5, 5.41) is 0. The molecule has 9 nitrogen and oxygen atoms in total. The van der Waals surface area contributed by atoms with Gasteiger partial charge in [-0.1, -0.05) is 18.2 Å². The van der Waals surface area contributed by atoms with E-state index in [1.165, 1.54) is 0 Å².